The summed E-state index contributed by atoms with van der Waals surface area (Å²) >= 11 is 6.01. The summed E-state index contributed by atoms with van der Waals surface area (Å²) in [5.74, 6) is 0.266. The van der Waals surface area contributed by atoms with Crippen LogP contribution in [-0.4, -0.2) is 25.5 Å². The maximum Gasteiger partial charge on any atom is 0.262 e. The molecule has 0 heterocycles. The van der Waals surface area contributed by atoms with Gasteiger partial charge in [-0.05, 0) is 36.4 Å². The summed E-state index contributed by atoms with van der Waals surface area (Å²) in [6.07, 6.45) is 0. The summed E-state index contributed by atoms with van der Waals surface area (Å²) in [7, 11) is 1.55. The molecule has 7 heteroatoms. The third-order valence-corrected chi connectivity index (χ3v) is 4.28. The van der Waals surface area contributed by atoms with E-state index < -0.39 is 5.91 Å². The number of para-hydroxylation sites is 2. The molecule has 6 nitrogen and oxygen atoms in total. The van der Waals surface area contributed by atoms with Crippen LogP contribution in [0.3, 0.4) is 0 Å². The first-order valence-electron chi connectivity index (χ1n) is 8.78. The highest BCUT2D eigenvalue weighted by Crippen LogP contribution is 2.23. The normalized spacial score (nSPS) is 10.1. The molecule has 29 heavy (non-hydrogen) atoms. The van der Waals surface area contributed by atoms with Crippen molar-refractivity contribution in [1.29, 1.82) is 0 Å². The van der Waals surface area contributed by atoms with Crippen molar-refractivity contribution in [2.45, 2.75) is 0 Å². The molecule has 148 valence electrons. The molecule has 0 bridgehead atoms. The van der Waals surface area contributed by atoms with Gasteiger partial charge in [0.15, 0.2) is 6.61 Å². The molecule has 0 saturated heterocycles. The standard InChI is InChI=1S/C22H19ClN2O4/c1-28-16-8-6-7-15(13-16)24-22(27)17-9-2-4-11-19(17)25-21(26)14-29-20-12-5-3-10-18(20)23/h2-13H,14H2,1H3,(H,24,27)(H,25,26). The number of nitrogens with one attached hydrogen (secondary N) is 2. The van der Waals surface area contributed by atoms with E-state index in [0.717, 1.165) is 0 Å². The van der Waals surface area contributed by atoms with Gasteiger partial charge in [-0.25, -0.2) is 0 Å². The molecule has 3 rings (SSSR count). The summed E-state index contributed by atoms with van der Waals surface area (Å²) in [5.41, 5.74) is 1.28. The SMILES string of the molecule is COc1cccc(NC(=O)c2ccccc2NC(=O)COc2ccccc2Cl)c1. The minimum absolute atomic E-state index is 0.241. The second kappa shape index (κ2) is 9.61. The third-order valence-electron chi connectivity index (χ3n) is 3.97. The number of carbonyl (C=O) groups excluding carboxylic acids is 2. The number of anilines is 2. The fourth-order valence-electron chi connectivity index (χ4n) is 2.58. The van der Waals surface area contributed by atoms with E-state index in [4.69, 9.17) is 21.1 Å². The molecule has 0 spiro atoms. The summed E-state index contributed by atoms with van der Waals surface area (Å²) < 4.78 is 10.6. The van der Waals surface area contributed by atoms with Crippen LogP contribution in [0.2, 0.25) is 5.02 Å². The first-order valence-corrected chi connectivity index (χ1v) is 9.16. The van der Waals surface area contributed by atoms with Crippen LogP contribution in [0.4, 0.5) is 11.4 Å². The van der Waals surface area contributed by atoms with Crippen molar-refractivity contribution in [2.75, 3.05) is 24.4 Å². The zero-order chi connectivity index (χ0) is 20.6. The van der Waals surface area contributed by atoms with Crippen molar-refractivity contribution in [2.24, 2.45) is 0 Å². The van der Waals surface area contributed by atoms with E-state index in [0.29, 0.717) is 33.5 Å². The molecule has 0 radical (unpaired) electrons. The highest BCUT2D eigenvalue weighted by Gasteiger charge is 2.14. The molecular formula is C22H19ClN2O4. The molecule has 0 aliphatic carbocycles. The monoisotopic (exact) mass is 410 g/mol. The molecule has 0 unspecified atom stereocenters. The van der Waals surface area contributed by atoms with E-state index in [-0.39, 0.29) is 12.5 Å². The number of hydrogen-bond donors (Lipinski definition) is 2. The Morgan fingerprint density at radius 3 is 2.48 bits per heavy atom. The van der Waals surface area contributed by atoms with Gasteiger partial charge in [-0.3, -0.25) is 9.59 Å². The van der Waals surface area contributed by atoms with Crippen molar-refractivity contribution in [1.82, 2.24) is 0 Å². The Hall–Kier alpha value is -3.51. The van der Waals surface area contributed by atoms with Gasteiger partial charge in [-0.2, -0.15) is 0 Å². The van der Waals surface area contributed by atoms with Crippen LogP contribution in [0, 0.1) is 0 Å². The lowest BCUT2D eigenvalue weighted by atomic mass is 10.1. The predicted molar refractivity (Wildman–Crippen MR) is 113 cm³/mol. The van der Waals surface area contributed by atoms with E-state index in [1.165, 1.54) is 0 Å². The summed E-state index contributed by atoms with van der Waals surface area (Å²) in [5, 5.41) is 5.91. The lowest BCUT2D eigenvalue weighted by Crippen LogP contribution is -2.22. The molecule has 3 aromatic rings. The van der Waals surface area contributed by atoms with Gasteiger partial charge in [0.1, 0.15) is 11.5 Å². The van der Waals surface area contributed by atoms with Gasteiger partial charge in [0.2, 0.25) is 0 Å². The van der Waals surface area contributed by atoms with Crippen LogP contribution in [0.1, 0.15) is 10.4 Å². The Kier molecular flexibility index (Phi) is 6.71. The third kappa shape index (κ3) is 5.49. The van der Waals surface area contributed by atoms with Gasteiger partial charge < -0.3 is 20.1 Å². The molecule has 0 aliphatic rings. The van der Waals surface area contributed by atoms with Gasteiger partial charge in [0.25, 0.3) is 11.8 Å². The minimum atomic E-state index is -0.411. The van der Waals surface area contributed by atoms with E-state index in [1.54, 1.807) is 79.9 Å². The molecular weight excluding hydrogens is 392 g/mol. The van der Waals surface area contributed by atoms with Crippen molar-refractivity contribution in [3.63, 3.8) is 0 Å². The second-order valence-corrected chi connectivity index (χ2v) is 6.41. The van der Waals surface area contributed by atoms with Crippen molar-refractivity contribution >= 4 is 34.8 Å². The van der Waals surface area contributed by atoms with Gasteiger partial charge in [0, 0.05) is 11.8 Å². The first-order chi connectivity index (χ1) is 14.1. The quantitative estimate of drug-likeness (QED) is 0.596. The minimum Gasteiger partial charge on any atom is -0.497 e. The average molecular weight is 411 g/mol. The van der Waals surface area contributed by atoms with Crippen LogP contribution in [0.15, 0.2) is 72.8 Å². The van der Waals surface area contributed by atoms with E-state index in [9.17, 15) is 9.59 Å². The zero-order valence-electron chi connectivity index (χ0n) is 15.6. The number of benzene rings is 3. The van der Waals surface area contributed by atoms with Crippen LogP contribution in [0.25, 0.3) is 0 Å². The Morgan fingerprint density at radius 2 is 1.69 bits per heavy atom. The molecule has 0 saturated carbocycles. The number of carbonyl (C=O) groups is 2. The van der Waals surface area contributed by atoms with Gasteiger partial charge in [-0.15, -0.1) is 0 Å². The first kappa shape index (κ1) is 20.2. The Balaban J connectivity index is 1.67. The number of hydrogen-bond acceptors (Lipinski definition) is 4. The fraction of sp³-hybridized carbons (Fsp3) is 0.0909. The van der Waals surface area contributed by atoms with Gasteiger partial charge in [0.05, 0.1) is 23.4 Å². The molecule has 0 aromatic heterocycles. The lowest BCUT2D eigenvalue weighted by molar-refractivity contribution is -0.118. The van der Waals surface area contributed by atoms with Gasteiger partial charge >= 0.3 is 0 Å². The zero-order valence-corrected chi connectivity index (χ0v) is 16.4. The second-order valence-electron chi connectivity index (χ2n) is 6.00. The smallest absolute Gasteiger partial charge is 0.262 e. The van der Waals surface area contributed by atoms with Crippen molar-refractivity contribution in [3.05, 3.63) is 83.4 Å². The number of ether oxygens (including phenoxy) is 2. The molecule has 0 aliphatic heterocycles. The molecule has 2 amide bonds. The van der Waals surface area contributed by atoms with E-state index in [2.05, 4.69) is 10.6 Å². The van der Waals surface area contributed by atoms with Gasteiger partial charge in [-0.1, -0.05) is 41.9 Å². The molecule has 0 fully saturated rings. The van der Waals surface area contributed by atoms with Crippen LogP contribution < -0.4 is 20.1 Å². The topological polar surface area (TPSA) is 76.7 Å². The molecule has 0 atom stereocenters. The van der Waals surface area contributed by atoms with Crippen LogP contribution in [0.5, 0.6) is 11.5 Å². The number of rotatable bonds is 7. The predicted octanol–water partition coefficient (Wildman–Crippen LogP) is 4.62. The molecule has 2 N–H and O–H groups in total. The summed E-state index contributed by atoms with van der Waals surface area (Å²) in [6, 6.07) is 20.6. The van der Waals surface area contributed by atoms with Crippen molar-refractivity contribution < 1.29 is 19.1 Å². The number of amides is 2. The van der Waals surface area contributed by atoms with Crippen molar-refractivity contribution in [3.8, 4) is 11.5 Å². The number of methoxy groups -OCH3 is 1. The van der Waals surface area contributed by atoms with Crippen LogP contribution >= 0.6 is 11.6 Å². The largest absolute Gasteiger partial charge is 0.497 e. The summed E-state index contributed by atoms with van der Waals surface area (Å²) in [4.78, 5) is 25.0. The molecule has 3 aromatic carbocycles. The number of halogens is 1. The van der Waals surface area contributed by atoms with E-state index in [1.807, 2.05) is 0 Å². The highest BCUT2D eigenvalue weighted by atomic mass is 35.5. The highest BCUT2D eigenvalue weighted by molar-refractivity contribution is 6.32. The summed E-state index contributed by atoms with van der Waals surface area (Å²) in [6.45, 7) is -0.241. The Labute approximate surface area is 173 Å². The Bertz CT molecular complexity index is 1020. The van der Waals surface area contributed by atoms with Crippen LogP contribution in [-0.2, 0) is 4.79 Å². The average Bonchev–Trinajstić information content (AvgIpc) is 2.73. The van der Waals surface area contributed by atoms with E-state index >= 15 is 0 Å². The Morgan fingerprint density at radius 1 is 0.931 bits per heavy atom. The lowest BCUT2D eigenvalue weighted by Gasteiger charge is -2.13. The fourth-order valence-corrected chi connectivity index (χ4v) is 2.77. The maximum atomic E-state index is 12.7. The maximum absolute atomic E-state index is 12.7.